The number of rotatable bonds is 23. The summed E-state index contributed by atoms with van der Waals surface area (Å²) in [7, 11) is 0. The molecule has 1 unspecified atom stereocenters. The van der Waals surface area contributed by atoms with Crippen molar-refractivity contribution in [3.63, 3.8) is 0 Å². The van der Waals surface area contributed by atoms with Crippen LogP contribution in [-0.4, -0.2) is 126 Å². The third-order valence-electron chi connectivity index (χ3n) is 11.1. The van der Waals surface area contributed by atoms with E-state index in [-0.39, 0.29) is 41.9 Å². The number of hydrogen-bond acceptors (Lipinski definition) is 15. The molecule has 63 heavy (non-hydrogen) atoms. The van der Waals surface area contributed by atoms with E-state index in [0.717, 1.165) is 36.1 Å². The number of piperidine rings is 1. The van der Waals surface area contributed by atoms with Gasteiger partial charge < -0.3 is 45.8 Å². The normalized spacial score (nSPS) is 18.8. The Bertz CT molecular complexity index is 2300. The first kappa shape index (κ1) is 45.0. The predicted molar refractivity (Wildman–Crippen MR) is 230 cm³/mol. The van der Waals surface area contributed by atoms with Crippen molar-refractivity contribution in [2.75, 3.05) is 70.1 Å². The third-order valence-corrected chi connectivity index (χ3v) is 11.1. The number of primary amides is 1. The molecule has 336 valence electrons. The van der Waals surface area contributed by atoms with Crippen molar-refractivity contribution in [3.8, 4) is 5.75 Å². The van der Waals surface area contributed by atoms with Gasteiger partial charge in [0.25, 0.3) is 17.7 Å². The summed E-state index contributed by atoms with van der Waals surface area (Å²) >= 11 is 0. The molecule has 7 rings (SSSR count). The molecule has 2 aliphatic heterocycles. The second kappa shape index (κ2) is 21.4. The number of fused-ring (bicyclic) bond motifs is 2. The average Bonchev–Trinajstić information content (AvgIpc) is 3.84. The number of nitrogens with zero attached hydrogens (tertiary/aromatic N) is 4. The Balaban J connectivity index is 0.752. The van der Waals surface area contributed by atoms with Gasteiger partial charge in [-0.1, -0.05) is 25.0 Å². The Kier molecular flexibility index (Phi) is 15.3. The molecule has 2 fully saturated rings. The van der Waals surface area contributed by atoms with Crippen LogP contribution < -0.4 is 32.2 Å². The number of hydrogen-bond donors (Lipinski definition) is 5. The Morgan fingerprint density at radius 3 is 2.32 bits per heavy atom. The molecule has 0 bridgehead atoms. The van der Waals surface area contributed by atoms with Crippen molar-refractivity contribution < 1.29 is 47.7 Å². The second-order valence-electron chi connectivity index (χ2n) is 15.7. The zero-order valence-corrected chi connectivity index (χ0v) is 35.4. The van der Waals surface area contributed by atoms with Crippen LogP contribution in [-0.2, 0) is 35.0 Å². The van der Waals surface area contributed by atoms with Crippen LogP contribution in [0.4, 0.5) is 17.5 Å². The largest absolute Gasteiger partial charge is 0.491 e. The molecule has 1 aliphatic carbocycles. The maximum absolute atomic E-state index is 13.3. The number of aromatic nitrogens is 3. The molecule has 0 radical (unpaired) electrons. The predicted octanol–water partition coefficient (Wildman–Crippen LogP) is 3.04. The van der Waals surface area contributed by atoms with Gasteiger partial charge in [0.05, 0.1) is 57.4 Å². The van der Waals surface area contributed by atoms with Gasteiger partial charge in [0.15, 0.2) is 11.5 Å². The fourth-order valence-electron chi connectivity index (χ4n) is 8.08. The van der Waals surface area contributed by atoms with E-state index in [1.54, 1.807) is 35.0 Å². The number of ether oxygens (including phenoxy) is 5. The standard InChI is InChI=1S/C44H55N9O10/c1-27-24-29(48-39-37(38(46)55)40-47-13-14-52(40)44(51-39)49-33-10-3-2-9-32(33)45)26-30(25-27)63-23-22-62-21-20-61-19-18-60-17-16-59-15-5-7-28-6-4-8-31-36(28)43(58)53(42(31)57)34-11-12-35(54)50-41(34)56/h4,6,8,13-14,24-26,32-34,48H,2-3,5,7,9-12,15-23,45H2,1H3,(H2,46,55)(H,49,51)(H,50,54,56)/t32-,33+,34?/m1/s1. The molecule has 2 aromatic heterocycles. The molecule has 5 amide bonds. The van der Waals surface area contributed by atoms with Crippen molar-refractivity contribution in [3.05, 3.63) is 76.6 Å². The molecule has 3 aliphatic rings. The number of imide groups is 2. The first-order valence-electron chi connectivity index (χ1n) is 21.4. The minimum atomic E-state index is -0.997. The van der Waals surface area contributed by atoms with E-state index >= 15 is 0 Å². The van der Waals surface area contributed by atoms with E-state index < -0.39 is 35.6 Å². The average molecular weight is 870 g/mol. The molecule has 19 nitrogen and oxygen atoms in total. The van der Waals surface area contributed by atoms with Gasteiger partial charge in [0.1, 0.15) is 24.0 Å². The van der Waals surface area contributed by atoms with Gasteiger partial charge >= 0.3 is 0 Å². The number of benzene rings is 2. The van der Waals surface area contributed by atoms with Crippen molar-refractivity contribution in [2.24, 2.45) is 11.5 Å². The smallest absolute Gasteiger partial charge is 0.262 e. The van der Waals surface area contributed by atoms with Gasteiger partial charge in [0.2, 0.25) is 17.8 Å². The van der Waals surface area contributed by atoms with E-state index in [0.29, 0.717) is 106 Å². The number of aryl methyl sites for hydroxylation is 2. The highest BCUT2D eigenvalue weighted by Gasteiger charge is 2.45. The maximum Gasteiger partial charge on any atom is 0.262 e. The SMILES string of the molecule is Cc1cc(Nc2nc(N[C@H]3CCCC[C@H]3N)n3ccnc3c2C(N)=O)cc(OCCOCCOCCOCCOCCCc2cccc3c2C(=O)N(C2CCC(=O)NC2=O)C3=O)c1. The van der Waals surface area contributed by atoms with Crippen LogP contribution in [0.3, 0.4) is 0 Å². The van der Waals surface area contributed by atoms with Gasteiger partial charge in [-0.2, -0.15) is 4.98 Å². The van der Waals surface area contributed by atoms with Gasteiger partial charge in [-0.3, -0.25) is 38.6 Å². The summed E-state index contributed by atoms with van der Waals surface area (Å²) in [6, 6.07) is 9.78. The summed E-state index contributed by atoms with van der Waals surface area (Å²) in [5, 5.41) is 8.96. The summed E-state index contributed by atoms with van der Waals surface area (Å²) < 4.78 is 30.3. The first-order chi connectivity index (χ1) is 30.6. The number of nitrogens with one attached hydrogen (secondary N) is 3. The molecular formula is C44H55N9O10. The second-order valence-corrected chi connectivity index (χ2v) is 15.7. The first-order valence-corrected chi connectivity index (χ1v) is 21.4. The quantitative estimate of drug-likeness (QED) is 0.0531. The monoisotopic (exact) mass is 869 g/mol. The summed E-state index contributed by atoms with van der Waals surface area (Å²) in [5.41, 5.74) is 15.7. The number of carbonyl (C=O) groups excluding carboxylic acids is 5. The van der Waals surface area contributed by atoms with Crippen LogP contribution in [0.1, 0.15) is 87.1 Å². The van der Waals surface area contributed by atoms with E-state index in [9.17, 15) is 24.0 Å². The summed E-state index contributed by atoms with van der Waals surface area (Å²) in [6.45, 7) is 5.36. The molecule has 4 aromatic rings. The van der Waals surface area contributed by atoms with Crippen LogP contribution in [0, 0.1) is 6.92 Å². The summed E-state index contributed by atoms with van der Waals surface area (Å²) in [6.07, 6.45) is 8.66. The number of anilines is 3. The number of imidazole rings is 1. The van der Waals surface area contributed by atoms with E-state index in [4.69, 9.17) is 40.1 Å². The fraction of sp³-hybridized carbons (Fsp3) is 0.477. The van der Waals surface area contributed by atoms with E-state index in [2.05, 4.69) is 20.9 Å². The lowest BCUT2D eigenvalue weighted by Crippen LogP contribution is -2.54. The highest BCUT2D eigenvalue weighted by Crippen LogP contribution is 2.32. The highest BCUT2D eigenvalue weighted by molar-refractivity contribution is 6.24. The molecule has 2 aromatic carbocycles. The lowest BCUT2D eigenvalue weighted by atomic mass is 9.91. The van der Waals surface area contributed by atoms with Gasteiger partial charge in [-0.15, -0.1) is 0 Å². The molecule has 19 heteroatoms. The summed E-state index contributed by atoms with van der Waals surface area (Å²) in [5.74, 6) is -1.33. The van der Waals surface area contributed by atoms with Crippen molar-refractivity contribution in [1.29, 1.82) is 0 Å². The van der Waals surface area contributed by atoms with E-state index in [1.807, 2.05) is 25.1 Å². The Morgan fingerprint density at radius 1 is 0.889 bits per heavy atom. The molecule has 1 saturated heterocycles. The molecule has 0 spiro atoms. The third kappa shape index (κ3) is 11.2. The zero-order chi connectivity index (χ0) is 44.3. The Morgan fingerprint density at radius 2 is 1.60 bits per heavy atom. The number of amides is 5. The van der Waals surface area contributed by atoms with Gasteiger partial charge in [-0.05, 0) is 68.4 Å². The van der Waals surface area contributed by atoms with Crippen molar-refractivity contribution in [1.82, 2.24) is 24.6 Å². The van der Waals surface area contributed by atoms with Crippen LogP contribution in [0.15, 0.2) is 48.8 Å². The highest BCUT2D eigenvalue weighted by atomic mass is 16.6. The van der Waals surface area contributed by atoms with E-state index in [1.165, 1.54) is 0 Å². The van der Waals surface area contributed by atoms with Crippen LogP contribution in [0.5, 0.6) is 5.75 Å². The van der Waals surface area contributed by atoms with Crippen molar-refractivity contribution in [2.45, 2.75) is 76.4 Å². The lowest BCUT2D eigenvalue weighted by molar-refractivity contribution is -0.136. The Labute approximate surface area is 364 Å². The number of carbonyl (C=O) groups is 5. The van der Waals surface area contributed by atoms with Crippen molar-refractivity contribution >= 4 is 52.6 Å². The molecule has 3 atom stereocenters. The molecule has 7 N–H and O–H groups in total. The molecular weight excluding hydrogens is 815 g/mol. The minimum Gasteiger partial charge on any atom is -0.491 e. The van der Waals surface area contributed by atoms with Crippen LogP contribution in [0.25, 0.3) is 5.65 Å². The van der Waals surface area contributed by atoms with Crippen LogP contribution in [0.2, 0.25) is 0 Å². The fourth-order valence-corrected chi connectivity index (χ4v) is 8.08. The van der Waals surface area contributed by atoms with Gasteiger partial charge in [0, 0.05) is 49.3 Å². The molecule has 4 heterocycles. The number of nitrogens with two attached hydrogens (primary N) is 2. The minimum absolute atomic E-state index is 0.0102. The zero-order valence-electron chi connectivity index (χ0n) is 35.4. The van der Waals surface area contributed by atoms with Crippen LogP contribution >= 0.6 is 0 Å². The maximum atomic E-state index is 13.3. The Hall–Kier alpha value is -5.99. The molecule has 1 saturated carbocycles. The topological polar surface area (TPSA) is 253 Å². The van der Waals surface area contributed by atoms with Gasteiger partial charge in [-0.25, -0.2) is 4.98 Å². The lowest BCUT2D eigenvalue weighted by Gasteiger charge is -2.30. The summed E-state index contributed by atoms with van der Waals surface area (Å²) in [4.78, 5) is 73.1.